The smallest absolute Gasteiger partial charge is 0.279 e. The number of carbonyl (C=O) groups is 1. The van der Waals surface area contributed by atoms with Crippen LogP contribution in [0.2, 0.25) is 0 Å². The molecule has 1 amide bonds. The van der Waals surface area contributed by atoms with Crippen molar-refractivity contribution < 1.29 is 10.1 Å². The number of hydrogen-bond acceptors (Lipinski definition) is 2. The lowest BCUT2D eigenvalue weighted by Gasteiger charge is -2.14. The van der Waals surface area contributed by atoms with Crippen molar-refractivity contribution in [3.05, 3.63) is 88.1 Å². The Bertz CT molecular complexity index is 783. The van der Waals surface area contributed by atoms with Gasteiger partial charge in [0.1, 0.15) is 6.04 Å². The third-order valence-electron chi connectivity index (χ3n) is 4.19. The molecule has 0 fully saturated rings. The topological polar surface area (TPSA) is 45.7 Å². The van der Waals surface area contributed by atoms with Gasteiger partial charge in [-0.1, -0.05) is 55.5 Å². The Labute approximate surface area is 152 Å². The molecule has 3 aromatic rings. The molecule has 0 saturated carbocycles. The van der Waals surface area contributed by atoms with Gasteiger partial charge in [0.15, 0.2) is 6.54 Å². The molecule has 25 heavy (non-hydrogen) atoms. The van der Waals surface area contributed by atoms with Crippen LogP contribution in [0.3, 0.4) is 0 Å². The number of aryl methyl sites for hydroxylation is 1. The third-order valence-corrected chi connectivity index (χ3v) is 5.15. The summed E-state index contributed by atoms with van der Waals surface area (Å²) >= 11 is 1.72. The van der Waals surface area contributed by atoms with E-state index in [1.54, 1.807) is 11.3 Å². The lowest BCUT2D eigenvalue weighted by Crippen LogP contribution is -2.87. The minimum Gasteiger partial charge on any atom is -0.328 e. The van der Waals surface area contributed by atoms with Gasteiger partial charge in [0.05, 0.1) is 4.88 Å². The van der Waals surface area contributed by atoms with Crippen LogP contribution >= 0.6 is 11.3 Å². The molecule has 4 heteroatoms. The van der Waals surface area contributed by atoms with Crippen LogP contribution in [-0.2, 0) is 11.2 Å². The maximum Gasteiger partial charge on any atom is 0.279 e. The zero-order valence-electron chi connectivity index (χ0n) is 14.3. The van der Waals surface area contributed by atoms with E-state index < -0.39 is 0 Å². The van der Waals surface area contributed by atoms with Crippen molar-refractivity contribution in [2.45, 2.75) is 19.4 Å². The first-order valence-electron chi connectivity index (χ1n) is 8.56. The van der Waals surface area contributed by atoms with Crippen LogP contribution in [-0.4, -0.2) is 12.5 Å². The Morgan fingerprint density at radius 1 is 1.04 bits per heavy atom. The Hall–Kier alpha value is -2.43. The van der Waals surface area contributed by atoms with E-state index in [4.69, 9.17) is 0 Å². The van der Waals surface area contributed by atoms with Gasteiger partial charge in [-0.2, -0.15) is 0 Å². The summed E-state index contributed by atoms with van der Waals surface area (Å²) < 4.78 is 0. The average Bonchev–Trinajstić information content (AvgIpc) is 3.18. The van der Waals surface area contributed by atoms with Crippen LogP contribution in [0.4, 0.5) is 5.69 Å². The van der Waals surface area contributed by atoms with Gasteiger partial charge in [-0.25, -0.2) is 0 Å². The van der Waals surface area contributed by atoms with Gasteiger partial charge in [-0.3, -0.25) is 4.79 Å². The fourth-order valence-electron chi connectivity index (χ4n) is 2.81. The van der Waals surface area contributed by atoms with Crippen molar-refractivity contribution in [3.63, 3.8) is 0 Å². The van der Waals surface area contributed by atoms with Gasteiger partial charge in [0.25, 0.3) is 5.91 Å². The molecule has 1 atom stereocenters. The van der Waals surface area contributed by atoms with Gasteiger partial charge >= 0.3 is 0 Å². The fourth-order valence-corrected chi connectivity index (χ4v) is 3.66. The van der Waals surface area contributed by atoms with E-state index in [2.05, 4.69) is 59.3 Å². The second-order valence-electron chi connectivity index (χ2n) is 5.94. The molecule has 2 aromatic carbocycles. The van der Waals surface area contributed by atoms with Crippen molar-refractivity contribution in [1.82, 2.24) is 0 Å². The summed E-state index contributed by atoms with van der Waals surface area (Å²) in [6, 6.07) is 22.7. The Morgan fingerprint density at radius 2 is 1.80 bits per heavy atom. The minimum atomic E-state index is 0.0155. The second-order valence-corrected chi connectivity index (χ2v) is 6.92. The predicted molar refractivity (Wildman–Crippen MR) is 104 cm³/mol. The molecule has 128 valence electrons. The van der Waals surface area contributed by atoms with Gasteiger partial charge in [0.2, 0.25) is 0 Å². The van der Waals surface area contributed by atoms with Crippen molar-refractivity contribution in [3.8, 4) is 0 Å². The summed E-state index contributed by atoms with van der Waals surface area (Å²) in [6.45, 7) is 2.50. The average molecular weight is 351 g/mol. The van der Waals surface area contributed by atoms with E-state index in [9.17, 15) is 4.79 Å². The number of benzene rings is 2. The maximum absolute atomic E-state index is 12.3. The number of amides is 1. The summed E-state index contributed by atoms with van der Waals surface area (Å²) in [7, 11) is 0. The fraction of sp³-hybridized carbons (Fsp3) is 0.190. The summed E-state index contributed by atoms with van der Waals surface area (Å²) in [4.78, 5) is 13.6. The highest BCUT2D eigenvalue weighted by atomic mass is 32.1. The van der Waals surface area contributed by atoms with E-state index in [1.807, 2.05) is 30.3 Å². The molecule has 0 saturated heterocycles. The molecule has 3 nitrogen and oxygen atoms in total. The van der Waals surface area contributed by atoms with Crippen molar-refractivity contribution in [2.24, 2.45) is 0 Å². The summed E-state index contributed by atoms with van der Waals surface area (Å²) in [5, 5.41) is 7.15. The van der Waals surface area contributed by atoms with Gasteiger partial charge in [-0.05, 0) is 35.6 Å². The van der Waals surface area contributed by atoms with Crippen LogP contribution in [0.1, 0.15) is 29.0 Å². The first kappa shape index (κ1) is 17.4. The molecule has 0 aliphatic heterocycles. The first-order chi connectivity index (χ1) is 12.3. The maximum atomic E-state index is 12.3. The zero-order chi connectivity index (χ0) is 17.5. The molecule has 3 N–H and O–H groups in total. The molecule has 0 bridgehead atoms. The number of carbonyl (C=O) groups excluding carboxylic acids is 1. The third kappa shape index (κ3) is 4.78. The summed E-state index contributed by atoms with van der Waals surface area (Å²) in [5.41, 5.74) is 3.33. The molecule has 0 radical (unpaired) electrons. The van der Waals surface area contributed by atoms with E-state index in [-0.39, 0.29) is 11.9 Å². The minimum absolute atomic E-state index is 0.0155. The number of nitrogens with two attached hydrogens (primary N) is 1. The Kier molecular flexibility index (Phi) is 5.99. The van der Waals surface area contributed by atoms with E-state index >= 15 is 0 Å². The van der Waals surface area contributed by atoms with Crippen LogP contribution in [0, 0.1) is 0 Å². The van der Waals surface area contributed by atoms with Gasteiger partial charge in [-0.15, -0.1) is 11.3 Å². The second kappa shape index (κ2) is 8.60. The van der Waals surface area contributed by atoms with E-state index in [1.165, 1.54) is 16.0 Å². The molecule has 1 heterocycles. The standard InChI is InChI=1S/C21H22N2OS/c1-2-16-10-12-18(13-11-16)23-20(24)15-22-21(19-9-6-14-25-19)17-7-4-3-5-8-17/h3-14,21-22H,2,15H2,1H3,(H,23,24)/p+1/t21-/m0/s1. The number of rotatable bonds is 7. The van der Waals surface area contributed by atoms with Crippen LogP contribution in [0.25, 0.3) is 0 Å². The Morgan fingerprint density at radius 3 is 2.44 bits per heavy atom. The first-order valence-corrected chi connectivity index (χ1v) is 9.44. The predicted octanol–water partition coefficient (Wildman–Crippen LogP) is 3.60. The van der Waals surface area contributed by atoms with E-state index in [0.717, 1.165) is 12.1 Å². The quantitative estimate of drug-likeness (QED) is 0.671. The number of anilines is 1. The highest BCUT2D eigenvalue weighted by molar-refractivity contribution is 7.10. The number of nitrogens with one attached hydrogen (secondary N) is 1. The molecule has 0 aliphatic rings. The highest BCUT2D eigenvalue weighted by Crippen LogP contribution is 2.22. The van der Waals surface area contributed by atoms with E-state index in [0.29, 0.717) is 6.54 Å². The Balaban J connectivity index is 1.63. The van der Waals surface area contributed by atoms with Crippen LogP contribution in [0.5, 0.6) is 0 Å². The van der Waals surface area contributed by atoms with Crippen molar-refractivity contribution in [1.29, 1.82) is 0 Å². The molecule has 3 rings (SSSR count). The molecule has 0 aliphatic carbocycles. The molecule has 0 unspecified atom stereocenters. The number of quaternary nitrogens is 1. The monoisotopic (exact) mass is 351 g/mol. The summed E-state index contributed by atoms with van der Waals surface area (Å²) in [6.07, 6.45) is 1.00. The number of hydrogen-bond donors (Lipinski definition) is 2. The zero-order valence-corrected chi connectivity index (χ0v) is 15.1. The highest BCUT2D eigenvalue weighted by Gasteiger charge is 2.19. The van der Waals surface area contributed by atoms with Crippen molar-refractivity contribution >= 4 is 22.9 Å². The molecule has 0 spiro atoms. The largest absolute Gasteiger partial charge is 0.328 e. The normalized spacial score (nSPS) is 11.9. The molecular weight excluding hydrogens is 328 g/mol. The SMILES string of the molecule is CCc1ccc(NC(=O)C[NH2+][C@@H](c2ccccc2)c2cccs2)cc1. The van der Waals surface area contributed by atoms with Gasteiger partial charge < -0.3 is 10.6 Å². The lowest BCUT2D eigenvalue weighted by atomic mass is 10.1. The van der Waals surface area contributed by atoms with Crippen LogP contribution < -0.4 is 10.6 Å². The lowest BCUT2D eigenvalue weighted by molar-refractivity contribution is -0.675. The van der Waals surface area contributed by atoms with Crippen molar-refractivity contribution in [2.75, 3.05) is 11.9 Å². The number of thiophene rings is 1. The molecule has 1 aromatic heterocycles. The molecular formula is C21H23N2OS+. The van der Waals surface area contributed by atoms with Crippen LogP contribution in [0.15, 0.2) is 72.1 Å². The van der Waals surface area contributed by atoms with Gasteiger partial charge in [0, 0.05) is 11.3 Å². The summed E-state index contributed by atoms with van der Waals surface area (Å²) in [5.74, 6) is 0.0155.